The van der Waals surface area contributed by atoms with E-state index in [2.05, 4.69) is 25.1 Å². The second kappa shape index (κ2) is 6.18. The number of nitrogens with one attached hydrogen (secondary N) is 1. The van der Waals surface area contributed by atoms with Crippen molar-refractivity contribution in [2.24, 2.45) is 0 Å². The number of aryl methyl sites for hydroxylation is 1. The highest BCUT2D eigenvalue weighted by Crippen LogP contribution is 2.23. The fourth-order valence-corrected chi connectivity index (χ4v) is 2.81. The Hall–Kier alpha value is -3.92. The van der Waals surface area contributed by atoms with E-state index in [4.69, 9.17) is 12.3 Å². The van der Waals surface area contributed by atoms with E-state index in [0.29, 0.717) is 23.3 Å². The smallest absolute Gasteiger partial charge is 0.231 e. The van der Waals surface area contributed by atoms with E-state index in [1.165, 1.54) is 0 Å². The van der Waals surface area contributed by atoms with Crippen LogP contribution in [0.5, 0.6) is 0 Å². The van der Waals surface area contributed by atoms with Crippen LogP contribution in [-0.2, 0) is 0 Å². The lowest BCUT2D eigenvalue weighted by molar-refractivity contribution is 0.947. The summed E-state index contributed by atoms with van der Waals surface area (Å²) in [5.41, 5.74) is 9.20. The second-order valence-corrected chi connectivity index (χ2v) is 5.74. The van der Waals surface area contributed by atoms with E-state index < -0.39 is 0 Å². The van der Waals surface area contributed by atoms with Crippen molar-refractivity contribution in [3.05, 3.63) is 71.8 Å². The first-order valence-corrected chi connectivity index (χ1v) is 7.97. The zero-order valence-corrected chi connectivity index (χ0v) is 14.0. The summed E-state index contributed by atoms with van der Waals surface area (Å²) in [6, 6.07) is 16.6. The normalized spacial score (nSPS) is 10.6. The summed E-state index contributed by atoms with van der Waals surface area (Å²) in [6.45, 7) is 8.94. The number of fused-ring (bicyclic) bond motifs is 1. The van der Waals surface area contributed by atoms with Crippen molar-refractivity contribution in [1.82, 2.24) is 19.5 Å². The van der Waals surface area contributed by atoms with Crippen molar-refractivity contribution >= 4 is 34.2 Å². The van der Waals surface area contributed by atoms with E-state index in [1.54, 1.807) is 30.3 Å². The first kappa shape index (κ1) is 15.6. The number of nitrogens with zero attached hydrogens (tertiary/aromatic N) is 5. The fourth-order valence-electron chi connectivity index (χ4n) is 2.81. The number of benzene rings is 2. The number of para-hydroxylation sites is 2. The summed E-state index contributed by atoms with van der Waals surface area (Å²) in [5.74, 6) is 2.20. The number of aromatic nitrogens is 4. The molecule has 4 rings (SSSR count). The number of rotatable bonds is 3. The van der Waals surface area contributed by atoms with Gasteiger partial charge < -0.3 is 11.1 Å². The fraction of sp³-hybridized carbons (Fsp3) is 0.0526. The highest BCUT2D eigenvalue weighted by atomic mass is 15.2. The molecule has 0 aliphatic rings. The summed E-state index contributed by atoms with van der Waals surface area (Å²) in [6.07, 6.45) is 0. The monoisotopic (exact) mass is 341 g/mol. The lowest BCUT2D eigenvalue weighted by atomic mass is 10.3. The predicted molar refractivity (Wildman–Crippen MR) is 102 cm³/mol. The van der Waals surface area contributed by atoms with Gasteiger partial charge in [-0.25, -0.2) is 9.83 Å². The molecule has 4 aromatic rings. The molecule has 0 radical (unpaired) electrons. The lowest BCUT2D eigenvalue weighted by Gasteiger charge is -2.10. The Balaban J connectivity index is 1.76. The summed E-state index contributed by atoms with van der Waals surface area (Å²) in [4.78, 5) is 16.8. The van der Waals surface area contributed by atoms with E-state index in [9.17, 15) is 0 Å². The van der Waals surface area contributed by atoms with Gasteiger partial charge in [-0.05, 0) is 31.2 Å². The van der Waals surface area contributed by atoms with Crippen molar-refractivity contribution in [3.63, 3.8) is 0 Å². The molecule has 26 heavy (non-hydrogen) atoms. The summed E-state index contributed by atoms with van der Waals surface area (Å²) < 4.78 is 1.95. The molecular weight excluding hydrogens is 326 g/mol. The van der Waals surface area contributed by atoms with Gasteiger partial charge in [0.2, 0.25) is 5.95 Å². The number of anilines is 3. The molecule has 0 saturated carbocycles. The Morgan fingerprint density at radius 1 is 1.04 bits per heavy atom. The Bertz CT molecular complexity index is 1140. The minimum Gasteiger partial charge on any atom is -0.383 e. The van der Waals surface area contributed by atoms with Crippen LogP contribution in [0.4, 0.5) is 23.1 Å². The summed E-state index contributed by atoms with van der Waals surface area (Å²) >= 11 is 0. The van der Waals surface area contributed by atoms with Crippen LogP contribution >= 0.6 is 0 Å². The SMILES string of the molecule is [C-]#[N+]c1ccc(Nc2nc(N)cc(-n3c(C)nc4ccccc43)n2)cc1. The maximum absolute atomic E-state index is 7.01. The number of imidazole rings is 1. The molecule has 2 aromatic heterocycles. The molecule has 0 aliphatic carbocycles. The molecule has 0 aliphatic heterocycles. The maximum atomic E-state index is 7.01. The predicted octanol–water partition coefficient (Wildman–Crippen LogP) is 4.00. The van der Waals surface area contributed by atoms with Gasteiger partial charge in [-0.15, -0.1) is 0 Å². The average molecular weight is 341 g/mol. The first-order valence-electron chi connectivity index (χ1n) is 7.97. The third-order valence-electron chi connectivity index (χ3n) is 3.94. The zero-order chi connectivity index (χ0) is 18.1. The number of hydrogen-bond acceptors (Lipinski definition) is 5. The van der Waals surface area contributed by atoms with Crippen molar-refractivity contribution in [1.29, 1.82) is 0 Å². The van der Waals surface area contributed by atoms with Gasteiger partial charge in [-0.3, -0.25) is 4.57 Å². The first-order chi connectivity index (χ1) is 12.6. The van der Waals surface area contributed by atoms with Crippen LogP contribution in [0.25, 0.3) is 21.7 Å². The van der Waals surface area contributed by atoms with Gasteiger partial charge >= 0.3 is 0 Å². The van der Waals surface area contributed by atoms with Crippen LogP contribution in [0.3, 0.4) is 0 Å². The van der Waals surface area contributed by atoms with E-state index in [-0.39, 0.29) is 0 Å². The molecule has 0 spiro atoms. The highest BCUT2D eigenvalue weighted by Gasteiger charge is 2.12. The minimum atomic E-state index is 0.354. The van der Waals surface area contributed by atoms with Gasteiger partial charge in [0.15, 0.2) is 5.69 Å². The number of nitrogen functional groups attached to an aromatic ring is 1. The van der Waals surface area contributed by atoms with Crippen molar-refractivity contribution in [2.75, 3.05) is 11.1 Å². The third kappa shape index (κ3) is 2.80. The molecule has 2 aromatic carbocycles. The van der Waals surface area contributed by atoms with Crippen molar-refractivity contribution in [3.8, 4) is 5.82 Å². The number of hydrogen-bond donors (Lipinski definition) is 2. The quantitative estimate of drug-likeness (QED) is 0.550. The summed E-state index contributed by atoms with van der Waals surface area (Å²) in [7, 11) is 0. The zero-order valence-electron chi connectivity index (χ0n) is 14.0. The second-order valence-electron chi connectivity index (χ2n) is 5.74. The van der Waals surface area contributed by atoms with E-state index >= 15 is 0 Å². The van der Waals surface area contributed by atoms with E-state index in [1.807, 2.05) is 35.8 Å². The topological polar surface area (TPSA) is 86.0 Å². The number of nitrogens with two attached hydrogens (primary N) is 1. The Morgan fingerprint density at radius 3 is 2.58 bits per heavy atom. The Morgan fingerprint density at radius 2 is 1.81 bits per heavy atom. The van der Waals surface area contributed by atoms with Gasteiger partial charge in [0.25, 0.3) is 0 Å². The van der Waals surface area contributed by atoms with Crippen LogP contribution in [0, 0.1) is 13.5 Å². The summed E-state index contributed by atoms with van der Waals surface area (Å²) in [5, 5.41) is 3.13. The molecule has 0 bridgehead atoms. The average Bonchev–Trinajstić information content (AvgIpc) is 2.97. The van der Waals surface area contributed by atoms with Crippen LogP contribution in [0.1, 0.15) is 5.82 Å². The van der Waals surface area contributed by atoms with Crippen LogP contribution < -0.4 is 11.1 Å². The van der Waals surface area contributed by atoms with Gasteiger partial charge in [0, 0.05) is 11.8 Å². The Labute approximate surface area is 150 Å². The third-order valence-corrected chi connectivity index (χ3v) is 3.94. The van der Waals surface area contributed by atoms with Crippen molar-refractivity contribution in [2.45, 2.75) is 6.92 Å². The molecule has 126 valence electrons. The molecule has 0 atom stereocenters. The molecule has 0 amide bonds. The molecule has 0 unspecified atom stereocenters. The molecular formula is C19H15N7. The maximum Gasteiger partial charge on any atom is 0.231 e. The minimum absolute atomic E-state index is 0.354. The van der Waals surface area contributed by atoms with Crippen LogP contribution in [0.15, 0.2) is 54.6 Å². The molecule has 0 fully saturated rings. The van der Waals surface area contributed by atoms with Crippen molar-refractivity contribution < 1.29 is 0 Å². The molecule has 0 saturated heterocycles. The Kier molecular flexibility index (Phi) is 3.71. The van der Waals surface area contributed by atoms with E-state index in [0.717, 1.165) is 22.5 Å². The van der Waals surface area contributed by atoms with Crippen LogP contribution in [0.2, 0.25) is 0 Å². The highest BCUT2D eigenvalue weighted by molar-refractivity contribution is 5.78. The van der Waals surface area contributed by atoms with Gasteiger partial charge in [0.05, 0.1) is 17.6 Å². The van der Waals surface area contributed by atoms with Gasteiger partial charge in [-0.1, -0.05) is 24.3 Å². The van der Waals surface area contributed by atoms with Gasteiger partial charge in [0.1, 0.15) is 17.5 Å². The molecule has 3 N–H and O–H groups in total. The standard InChI is InChI=1S/C19H15N7/c1-12-22-15-5-3-4-6-16(15)26(12)18-11-17(20)24-19(25-18)23-14-9-7-13(21-2)8-10-14/h3-11H,1H3,(H3,20,23,24,25). The molecule has 7 nitrogen and oxygen atoms in total. The molecule has 2 heterocycles. The molecule has 7 heteroatoms. The largest absolute Gasteiger partial charge is 0.383 e. The van der Waals surface area contributed by atoms with Crippen LogP contribution in [-0.4, -0.2) is 19.5 Å². The van der Waals surface area contributed by atoms with Gasteiger partial charge in [-0.2, -0.15) is 9.97 Å². The lowest BCUT2D eigenvalue weighted by Crippen LogP contribution is -2.06.